The van der Waals surface area contributed by atoms with E-state index in [9.17, 15) is 5.11 Å². The fraction of sp³-hybridized carbons (Fsp3) is 1.00. The second kappa shape index (κ2) is 3.04. The van der Waals surface area contributed by atoms with Gasteiger partial charge in [-0.3, -0.25) is 0 Å². The SMILES string of the molecule is OC[C@@]1(O)C[C@@H](O)[C@H](O)CO1. The molecular weight excluding hydrogens is 152 g/mol. The van der Waals surface area contributed by atoms with Crippen LogP contribution in [0.2, 0.25) is 0 Å². The number of hydrogen-bond acceptors (Lipinski definition) is 5. The Morgan fingerprint density at radius 3 is 2.45 bits per heavy atom. The van der Waals surface area contributed by atoms with Gasteiger partial charge in [-0.05, 0) is 0 Å². The standard InChI is InChI=1S/C6H12O5/c7-3-6(10)1-4(8)5(9)2-11-6/h4-5,7-10H,1-3H2/t4-,5-,6-/m1/s1. The van der Waals surface area contributed by atoms with Crippen LogP contribution in [0, 0.1) is 0 Å². The van der Waals surface area contributed by atoms with E-state index in [0.29, 0.717) is 0 Å². The molecule has 5 nitrogen and oxygen atoms in total. The predicted octanol–water partition coefficient (Wildman–Crippen LogP) is -2.19. The van der Waals surface area contributed by atoms with Gasteiger partial charge in [0.15, 0.2) is 5.79 Å². The maximum Gasteiger partial charge on any atom is 0.191 e. The molecule has 1 rings (SSSR count). The van der Waals surface area contributed by atoms with Crippen LogP contribution in [-0.2, 0) is 4.74 Å². The van der Waals surface area contributed by atoms with Gasteiger partial charge >= 0.3 is 0 Å². The maximum absolute atomic E-state index is 9.22. The van der Waals surface area contributed by atoms with E-state index in [1.165, 1.54) is 0 Å². The van der Waals surface area contributed by atoms with E-state index in [2.05, 4.69) is 0 Å². The minimum absolute atomic E-state index is 0.155. The molecule has 0 bridgehead atoms. The van der Waals surface area contributed by atoms with Gasteiger partial charge in [0.2, 0.25) is 0 Å². The Kier molecular flexibility index (Phi) is 2.46. The van der Waals surface area contributed by atoms with Gasteiger partial charge in [0.25, 0.3) is 0 Å². The Labute approximate surface area is 63.8 Å². The van der Waals surface area contributed by atoms with Gasteiger partial charge in [0.1, 0.15) is 6.10 Å². The van der Waals surface area contributed by atoms with E-state index in [1.54, 1.807) is 0 Å². The average molecular weight is 164 g/mol. The Hall–Kier alpha value is -0.200. The first-order chi connectivity index (χ1) is 5.07. The molecule has 0 aliphatic carbocycles. The minimum atomic E-state index is -1.68. The quantitative estimate of drug-likeness (QED) is 0.353. The molecule has 66 valence electrons. The fourth-order valence-electron chi connectivity index (χ4n) is 0.984. The van der Waals surface area contributed by atoms with Crippen molar-refractivity contribution in [2.24, 2.45) is 0 Å². The largest absolute Gasteiger partial charge is 0.391 e. The lowest BCUT2D eigenvalue weighted by Crippen LogP contribution is -2.51. The molecule has 1 heterocycles. The molecule has 4 N–H and O–H groups in total. The first kappa shape index (κ1) is 8.89. The molecule has 0 aromatic carbocycles. The van der Waals surface area contributed by atoms with Crippen molar-refractivity contribution in [3.63, 3.8) is 0 Å². The second-order valence-electron chi connectivity index (χ2n) is 2.75. The lowest BCUT2D eigenvalue weighted by molar-refractivity contribution is -0.282. The van der Waals surface area contributed by atoms with Crippen molar-refractivity contribution in [3.05, 3.63) is 0 Å². The highest BCUT2D eigenvalue weighted by molar-refractivity contribution is 4.81. The van der Waals surface area contributed by atoms with Gasteiger partial charge in [0, 0.05) is 6.42 Å². The summed E-state index contributed by atoms with van der Waals surface area (Å²) in [4.78, 5) is 0. The van der Waals surface area contributed by atoms with Crippen LogP contribution in [0.3, 0.4) is 0 Å². The summed E-state index contributed by atoms with van der Waals surface area (Å²) in [6.07, 6.45) is -2.16. The zero-order chi connectivity index (χ0) is 8.48. The van der Waals surface area contributed by atoms with Gasteiger partial charge in [-0.1, -0.05) is 0 Å². The van der Waals surface area contributed by atoms with E-state index in [0.717, 1.165) is 0 Å². The molecule has 0 saturated carbocycles. The lowest BCUT2D eigenvalue weighted by Gasteiger charge is -2.35. The highest BCUT2D eigenvalue weighted by atomic mass is 16.6. The molecule has 0 radical (unpaired) electrons. The fourth-order valence-corrected chi connectivity index (χ4v) is 0.984. The van der Waals surface area contributed by atoms with Gasteiger partial charge in [-0.15, -0.1) is 0 Å². The molecule has 1 fully saturated rings. The molecule has 1 aliphatic rings. The zero-order valence-corrected chi connectivity index (χ0v) is 5.97. The Bertz CT molecular complexity index is 139. The summed E-state index contributed by atoms with van der Waals surface area (Å²) in [5, 5.41) is 35.8. The molecule has 11 heavy (non-hydrogen) atoms. The average Bonchev–Trinajstić information content (AvgIpc) is 1.98. The summed E-state index contributed by atoms with van der Waals surface area (Å²) < 4.78 is 4.69. The molecule has 0 spiro atoms. The van der Waals surface area contributed by atoms with Crippen molar-refractivity contribution in [1.29, 1.82) is 0 Å². The monoisotopic (exact) mass is 164 g/mol. The van der Waals surface area contributed by atoms with Crippen LogP contribution >= 0.6 is 0 Å². The second-order valence-corrected chi connectivity index (χ2v) is 2.75. The van der Waals surface area contributed by atoms with Gasteiger partial charge in [0.05, 0.1) is 19.3 Å². The molecule has 0 aromatic rings. The topological polar surface area (TPSA) is 90.2 Å². The number of hydrogen-bond donors (Lipinski definition) is 4. The number of aliphatic hydroxyl groups is 4. The van der Waals surface area contributed by atoms with E-state index in [1.807, 2.05) is 0 Å². The van der Waals surface area contributed by atoms with Crippen molar-refractivity contribution in [2.45, 2.75) is 24.4 Å². The highest BCUT2D eigenvalue weighted by Crippen LogP contribution is 2.21. The molecule has 5 heteroatoms. The summed E-state index contributed by atoms with van der Waals surface area (Å²) in [5.41, 5.74) is 0. The minimum Gasteiger partial charge on any atom is -0.391 e. The van der Waals surface area contributed by atoms with Crippen molar-refractivity contribution < 1.29 is 25.2 Å². The van der Waals surface area contributed by atoms with Gasteiger partial charge in [-0.2, -0.15) is 0 Å². The van der Waals surface area contributed by atoms with Crippen LogP contribution in [0.25, 0.3) is 0 Å². The first-order valence-electron chi connectivity index (χ1n) is 3.41. The summed E-state index contributed by atoms with van der Waals surface area (Å²) in [7, 11) is 0. The molecule has 0 amide bonds. The number of ether oxygens (including phenoxy) is 1. The maximum atomic E-state index is 9.22. The van der Waals surface area contributed by atoms with Crippen molar-refractivity contribution in [1.82, 2.24) is 0 Å². The van der Waals surface area contributed by atoms with Crippen LogP contribution in [0.5, 0.6) is 0 Å². The Balaban J connectivity index is 2.51. The highest BCUT2D eigenvalue weighted by Gasteiger charge is 2.38. The third-order valence-corrected chi connectivity index (χ3v) is 1.74. The van der Waals surface area contributed by atoms with E-state index in [-0.39, 0.29) is 13.0 Å². The summed E-state index contributed by atoms with van der Waals surface area (Å²) in [6, 6.07) is 0. The van der Waals surface area contributed by atoms with E-state index in [4.69, 9.17) is 20.1 Å². The van der Waals surface area contributed by atoms with Gasteiger partial charge < -0.3 is 25.2 Å². The van der Waals surface area contributed by atoms with Crippen molar-refractivity contribution in [2.75, 3.05) is 13.2 Å². The van der Waals surface area contributed by atoms with E-state index < -0.39 is 24.6 Å². The zero-order valence-electron chi connectivity index (χ0n) is 5.97. The van der Waals surface area contributed by atoms with Crippen LogP contribution in [-0.4, -0.2) is 51.6 Å². The van der Waals surface area contributed by atoms with Crippen LogP contribution in [0.15, 0.2) is 0 Å². The number of rotatable bonds is 1. The van der Waals surface area contributed by atoms with Crippen LogP contribution in [0.1, 0.15) is 6.42 Å². The summed E-state index contributed by atoms with van der Waals surface area (Å²) in [6.45, 7) is -0.727. The lowest BCUT2D eigenvalue weighted by atomic mass is 10.0. The van der Waals surface area contributed by atoms with Crippen LogP contribution < -0.4 is 0 Å². The smallest absolute Gasteiger partial charge is 0.191 e. The third kappa shape index (κ3) is 1.88. The first-order valence-corrected chi connectivity index (χ1v) is 3.41. The molecule has 1 saturated heterocycles. The number of aliphatic hydroxyl groups excluding tert-OH is 3. The van der Waals surface area contributed by atoms with Gasteiger partial charge in [-0.25, -0.2) is 0 Å². The van der Waals surface area contributed by atoms with Crippen LogP contribution in [0.4, 0.5) is 0 Å². The van der Waals surface area contributed by atoms with Crippen molar-refractivity contribution in [3.8, 4) is 0 Å². The summed E-state index contributed by atoms with van der Waals surface area (Å²) in [5.74, 6) is -1.68. The predicted molar refractivity (Wildman–Crippen MR) is 34.6 cm³/mol. The molecule has 0 unspecified atom stereocenters. The molecule has 1 aliphatic heterocycles. The molecule has 3 atom stereocenters. The van der Waals surface area contributed by atoms with Crippen molar-refractivity contribution >= 4 is 0 Å². The third-order valence-electron chi connectivity index (χ3n) is 1.74. The molecule has 0 aromatic heterocycles. The van der Waals surface area contributed by atoms with E-state index >= 15 is 0 Å². The Morgan fingerprint density at radius 2 is 2.00 bits per heavy atom. The Morgan fingerprint density at radius 1 is 1.36 bits per heavy atom. The summed E-state index contributed by atoms with van der Waals surface area (Å²) >= 11 is 0. The molecular formula is C6H12O5. The normalized spacial score (nSPS) is 45.8.